The monoisotopic (exact) mass is 281 g/mol. The highest BCUT2D eigenvalue weighted by molar-refractivity contribution is 5.93. The van der Waals surface area contributed by atoms with Crippen molar-refractivity contribution in [1.29, 1.82) is 0 Å². The second kappa shape index (κ2) is 5.95. The Morgan fingerprint density at radius 1 is 1.29 bits per heavy atom. The van der Waals surface area contributed by atoms with E-state index in [-0.39, 0.29) is 11.8 Å². The zero-order valence-corrected chi connectivity index (χ0v) is 12.1. The molecule has 1 saturated carbocycles. The third kappa shape index (κ3) is 3.81. The molecule has 2 N–H and O–H groups in total. The Hall–Kier alpha value is -2.36. The standard InChI is InChI=1S/C17H19N3O/c1-12-3-2-4-13(9-12)10-18-15-7-8-16(19-11-15)20-17(21)14-5-6-14/h2-4,7-9,11,14,18H,5-6,10H2,1H3,(H,19,20,21). The van der Waals surface area contributed by atoms with Crippen LogP contribution in [-0.4, -0.2) is 10.9 Å². The van der Waals surface area contributed by atoms with E-state index in [9.17, 15) is 4.79 Å². The molecule has 0 unspecified atom stereocenters. The van der Waals surface area contributed by atoms with Crippen LogP contribution in [0.2, 0.25) is 0 Å². The summed E-state index contributed by atoms with van der Waals surface area (Å²) in [6.45, 7) is 2.85. The molecule has 0 saturated heterocycles. The lowest BCUT2D eigenvalue weighted by atomic mass is 10.1. The van der Waals surface area contributed by atoms with Gasteiger partial charge in [-0.2, -0.15) is 0 Å². The summed E-state index contributed by atoms with van der Waals surface area (Å²) in [6, 6.07) is 12.2. The van der Waals surface area contributed by atoms with Crippen LogP contribution in [0.4, 0.5) is 11.5 Å². The van der Waals surface area contributed by atoms with Crippen molar-refractivity contribution in [3.8, 4) is 0 Å². The van der Waals surface area contributed by atoms with E-state index in [2.05, 4.69) is 46.8 Å². The Kier molecular flexibility index (Phi) is 3.86. The van der Waals surface area contributed by atoms with Crippen LogP contribution in [-0.2, 0) is 11.3 Å². The topological polar surface area (TPSA) is 54.0 Å². The van der Waals surface area contributed by atoms with Crippen molar-refractivity contribution in [3.63, 3.8) is 0 Å². The van der Waals surface area contributed by atoms with Crippen molar-refractivity contribution in [2.45, 2.75) is 26.3 Å². The third-order valence-corrected chi connectivity index (χ3v) is 3.54. The van der Waals surface area contributed by atoms with E-state index in [1.54, 1.807) is 6.20 Å². The number of nitrogens with zero attached hydrogens (tertiary/aromatic N) is 1. The summed E-state index contributed by atoms with van der Waals surface area (Å²) >= 11 is 0. The van der Waals surface area contributed by atoms with Gasteiger partial charge in [0.1, 0.15) is 5.82 Å². The molecule has 1 aliphatic rings. The van der Waals surface area contributed by atoms with E-state index in [0.29, 0.717) is 5.82 Å². The van der Waals surface area contributed by atoms with Gasteiger partial charge in [-0.25, -0.2) is 4.98 Å². The number of carbonyl (C=O) groups is 1. The number of aryl methyl sites for hydroxylation is 1. The van der Waals surface area contributed by atoms with Gasteiger partial charge in [-0.3, -0.25) is 4.79 Å². The van der Waals surface area contributed by atoms with Gasteiger partial charge >= 0.3 is 0 Å². The van der Waals surface area contributed by atoms with Gasteiger partial charge < -0.3 is 10.6 Å². The van der Waals surface area contributed by atoms with Crippen molar-refractivity contribution in [2.75, 3.05) is 10.6 Å². The van der Waals surface area contributed by atoms with Gasteiger partial charge in [-0.05, 0) is 37.5 Å². The van der Waals surface area contributed by atoms with Crippen LogP contribution in [0.5, 0.6) is 0 Å². The molecule has 0 spiro atoms. The predicted octanol–water partition coefficient (Wildman–Crippen LogP) is 3.35. The summed E-state index contributed by atoms with van der Waals surface area (Å²) in [5.41, 5.74) is 3.44. The van der Waals surface area contributed by atoms with Crippen LogP contribution < -0.4 is 10.6 Å². The zero-order valence-electron chi connectivity index (χ0n) is 12.1. The first-order valence-electron chi connectivity index (χ1n) is 7.27. The van der Waals surface area contributed by atoms with E-state index >= 15 is 0 Å². The quantitative estimate of drug-likeness (QED) is 0.883. The van der Waals surface area contributed by atoms with Crippen LogP contribution in [0, 0.1) is 12.8 Å². The summed E-state index contributed by atoms with van der Waals surface area (Å²) in [5, 5.41) is 6.16. The fourth-order valence-electron chi connectivity index (χ4n) is 2.17. The summed E-state index contributed by atoms with van der Waals surface area (Å²) in [4.78, 5) is 15.9. The number of rotatable bonds is 5. The molecule has 1 aromatic heterocycles. The van der Waals surface area contributed by atoms with Gasteiger partial charge in [0.25, 0.3) is 0 Å². The Morgan fingerprint density at radius 2 is 2.14 bits per heavy atom. The van der Waals surface area contributed by atoms with Crippen molar-refractivity contribution < 1.29 is 4.79 Å². The first-order chi connectivity index (χ1) is 10.2. The molecular weight excluding hydrogens is 262 g/mol. The predicted molar refractivity (Wildman–Crippen MR) is 84.1 cm³/mol. The number of hydrogen-bond acceptors (Lipinski definition) is 3. The SMILES string of the molecule is Cc1cccc(CNc2ccc(NC(=O)C3CC3)nc2)c1. The van der Waals surface area contributed by atoms with Crippen LogP contribution in [0.3, 0.4) is 0 Å². The van der Waals surface area contributed by atoms with E-state index in [1.807, 2.05) is 12.1 Å². The lowest BCUT2D eigenvalue weighted by Gasteiger charge is -2.08. The van der Waals surface area contributed by atoms with Gasteiger partial charge in [-0.1, -0.05) is 29.8 Å². The highest BCUT2D eigenvalue weighted by Gasteiger charge is 2.29. The van der Waals surface area contributed by atoms with Gasteiger partial charge in [-0.15, -0.1) is 0 Å². The molecule has 0 aliphatic heterocycles. The minimum atomic E-state index is 0.0861. The van der Waals surface area contributed by atoms with Crippen molar-refractivity contribution >= 4 is 17.4 Å². The number of nitrogens with one attached hydrogen (secondary N) is 2. The molecule has 4 heteroatoms. The molecule has 1 heterocycles. The Morgan fingerprint density at radius 3 is 2.81 bits per heavy atom. The van der Waals surface area contributed by atoms with Crippen molar-refractivity contribution in [2.24, 2.45) is 5.92 Å². The molecule has 0 radical (unpaired) electrons. The summed E-state index contributed by atoms with van der Waals surface area (Å²) in [7, 11) is 0. The molecule has 21 heavy (non-hydrogen) atoms. The molecule has 4 nitrogen and oxygen atoms in total. The molecule has 108 valence electrons. The van der Waals surface area contributed by atoms with Crippen molar-refractivity contribution in [3.05, 3.63) is 53.7 Å². The van der Waals surface area contributed by atoms with Crippen LogP contribution in [0.1, 0.15) is 24.0 Å². The number of amides is 1. The third-order valence-electron chi connectivity index (χ3n) is 3.54. The summed E-state index contributed by atoms with van der Waals surface area (Å²) in [5.74, 6) is 0.905. The van der Waals surface area contributed by atoms with E-state index in [0.717, 1.165) is 25.1 Å². The van der Waals surface area contributed by atoms with Gasteiger partial charge in [0.15, 0.2) is 0 Å². The van der Waals surface area contributed by atoms with E-state index in [4.69, 9.17) is 0 Å². The zero-order chi connectivity index (χ0) is 14.7. The van der Waals surface area contributed by atoms with Gasteiger partial charge in [0, 0.05) is 12.5 Å². The highest BCUT2D eigenvalue weighted by Crippen LogP contribution is 2.29. The number of hydrogen-bond donors (Lipinski definition) is 2. The molecular formula is C17H19N3O. The second-order valence-corrected chi connectivity index (χ2v) is 5.54. The van der Waals surface area contributed by atoms with E-state index in [1.165, 1.54) is 11.1 Å². The number of anilines is 2. The number of pyridine rings is 1. The minimum Gasteiger partial charge on any atom is -0.380 e. The fraction of sp³-hybridized carbons (Fsp3) is 0.294. The molecule has 3 rings (SSSR count). The molecule has 0 bridgehead atoms. The summed E-state index contributed by atoms with van der Waals surface area (Å²) < 4.78 is 0. The molecule has 2 aromatic rings. The first kappa shape index (κ1) is 13.6. The Balaban J connectivity index is 1.55. The lowest BCUT2D eigenvalue weighted by Crippen LogP contribution is -2.14. The Bertz CT molecular complexity index is 633. The fourth-order valence-corrected chi connectivity index (χ4v) is 2.17. The maximum absolute atomic E-state index is 11.6. The molecule has 1 amide bonds. The maximum Gasteiger partial charge on any atom is 0.228 e. The minimum absolute atomic E-state index is 0.0861. The van der Waals surface area contributed by atoms with E-state index < -0.39 is 0 Å². The summed E-state index contributed by atoms with van der Waals surface area (Å²) in [6.07, 6.45) is 3.75. The number of aromatic nitrogens is 1. The molecule has 1 fully saturated rings. The van der Waals surface area contributed by atoms with Gasteiger partial charge in [0.2, 0.25) is 5.91 Å². The maximum atomic E-state index is 11.6. The Labute approximate surface area is 124 Å². The lowest BCUT2D eigenvalue weighted by molar-refractivity contribution is -0.117. The number of benzene rings is 1. The van der Waals surface area contributed by atoms with Crippen LogP contribution in [0.15, 0.2) is 42.6 Å². The smallest absolute Gasteiger partial charge is 0.228 e. The highest BCUT2D eigenvalue weighted by atomic mass is 16.2. The van der Waals surface area contributed by atoms with Gasteiger partial charge in [0.05, 0.1) is 11.9 Å². The average molecular weight is 281 g/mol. The number of carbonyl (C=O) groups excluding carboxylic acids is 1. The molecule has 1 aromatic carbocycles. The van der Waals surface area contributed by atoms with Crippen LogP contribution in [0.25, 0.3) is 0 Å². The largest absolute Gasteiger partial charge is 0.380 e. The van der Waals surface area contributed by atoms with Crippen molar-refractivity contribution in [1.82, 2.24) is 4.98 Å². The van der Waals surface area contributed by atoms with Crippen LogP contribution >= 0.6 is 0 Å². The average Bonchev–Trinajstić information content (AvgIpc) is 3.31. The molecule has 1 aliphatic carbocycles. The normalized spacial score (nSPS) is 13.8. The molecule has 0 atom stereocenters. The second-order valence-electron chi connectivity index (χ2n) is 5.54. The first-order valence-corrected chi connectivity index (χ1v) is 7.27.